The van der Waals surface area contributed by atoms with Crippen LogP contribution in [0, 0.1) is 0 Å². The molecule has 4 aliphatic rings. The maximum Gasteiger partial charge on any atom is 0.410 e. The van der Waals surface area contributed by atoms with Crippen LogP contribution >= 0.6 is 31.9 Å². The van der Waals surface area contributed by atoms with Crippen LogP contribution in [0.1, 0.15) is 43.2 Å². The van der Waals surface area contributed by atoms with Gasteiger partial charge in [-0.05, 0) is 120 Å². The van der Waals surface area contributed by atoms with Gasteiger partial charge < -0.3 is 34.4 Å². The van der Waals surface area contributed by atoms with Gasteiger partial charge in [-0.15, -0.1) is 0 Å². The van der Waals surface area contributed by atoms with Gasteiger partial charge in [0, 0.05) is 70.0 Å². The lowest BCUT2D eigenvalue weighted by molar-refractivity contribution is -0.142. The molecule has 49 heavy (non-hydrogen) atoms. The first-order valence-corrected chi connectivity index (χ1v) is 19.1. The second kappa shape index (κ2) is 16.4. The smallest absolute Gasteiger partial charge is 0.410 e. The number of piperidine rings is 2. The molecule has 0 aliphatic carbocycles. The minimum absolute atomic E-state index is 0.0238. The Bertz CT molecular complexity index is 1470. The monoisotopic (exact) mass is 802 g/mol. The zero-order chi connectivity index (χ0) is 34.5. The van der Waals surface area contributed by atoms with Crippen molar-refractivity contribution < 1.29 is 23.9 Å². The summed E-state index contributed by atoms with van der Waals surface area (Å²) in [7, 11) is 3.79. The Balaban J connectivity index is 1.09. The average Bonchev–Trinajstić information content (AvgIpc) is 3.42. The Labute approximate surface area is 306 Å². The number of urea groups is 1. The van der Waals surface area contributed by atoms with Gasteiger partial charge in [0.15, 0.2) is 6.10 Å². The van der Waals surface area contributed by atoms with Gasteiger partial charge in [-0.3, -0.25) is 9.69 Å². The fraction of sp³-hybridized carbons (Fsp3) is 0.583. The summed E-state index contributed by atoms with van der Waals surface area (Å²) in [5.74, 6) is 0.511. The third-order valence-corrected chi connectivity index (χ3v) is 11.7. The molecular weight excluding hydrogens is 756 g/mol. The largest absolute Gasteiger partial charge is 0.494 e. The van der Waals surface area contributed by atoms with Crippen LogP contribution in [-0.2, 0) is 22.4 Å². The van der Waals surface area contributed by atoms with Crippen LogP contribution in [0.2, 0.25) is 0 Å². The highest BCUT2D eigenvalue weighted by molar-refractivity contribution is 9.11. The number of likely N-dealkylation sites (N-methyl/N-ethyl adjacent to an activating group) is 1. The molecule has 6 rings (SSSR count). The molecule has 0 spiro atoms. The van der Waals surface area contributed by atoms with Crippen molar-refractivity contribution in [2.24, 2.45) is 0 Å². The second-order valence-corrected chi connectivity index (χ2v) is 15.4. The van der Waals surface area contributed by atoms with E-state index in [1.54, 1.807) is 12.0 Å². The van der Waals surface area contributed by atoms with Gasteiger partial charge in [-0.25, -0.2) is 9.59 Å². The predicted molar refractivity (Wildman–Crippen MR) is 196 cm³/mol. The van der Waals surface area contributed by atoms with Gasteiger partial charge in [-0.1, -0.05) is 18.2 Å². The number of methoxy groups -OCH3 is 1. The molecule has 0 aromatic heterocycles. The summed E-state index contributed by atoms with van der Waals surface area (Å²) in [6.07, 6.45) is 3.87. The van der Waals surface area contributed by atoms with Crippen molar-refractivity contribution in [2.75, 3.05) is 78.4 Å². The third kappa shape index (κ3) is 8.72. The van der Waals surface area contributed by atoms with Crippen molar-refractivity contribution in [3.63, 3.8) is 0 Å². The van der Waals surface area contributed by atoms with Crippen LogP contribution in [0.4, 0.5) is 15.3 Å². The molecule has 13 heteroatoms. The van der Waals surface area contributed by atoms with E-state index in [0.717, 1.165) is 77.6 Å². The van der Waals surface area contributed by atoms with Crippen molar-refractivity contribution in [3.05, 3.63) is 56.5 Å². The van der Waals surface area contributed by atoms with Crippen molar-refractivity contribution in [1.82, 2.24) is 24.5 Å². The van der Waals surface area contributed by atoms with Crippen molar-refractivity contribution >= 4 is 55.6 Å². The molecule has 0 unspecified atom stereocenters. The number of carbonyl (C=O) groups is 3. The Kier molecular flexibility index (Phi) is 12.1. The Morgan fingerprint density at radius 1 is 0.878 bits per heavy atom. The Morgan fingerprint density at radius 3 is 2.27 bits per heavy atom. The summed E-state index contributed by atoms with van der Waals surface area (Å²) in [4.78, 5) is 51.4. The summed E-state index contributed by atoms with van der Waals surface area (Å²) >= 11 is 7.16. The van der Waals surface area contributed by atoms with Crippen molar-refractivity contribution in [1.29, 1.82) is 0 Å². The summed E-state index contributed by atoms with van der Waals surface area (Å²) in [5.41, 5.74) is 2.84. The summed E-state index contributed by atoms with van der Waals surface area (Å²) in [6.45, 7) is 7.18. The van der Waals surface area contributed by atoms with E-state index in [2.05, 4.69) is 60.1 Å². The average molecular weight is 805 g/mol. The zero-order valence-electron chi connectivity index (χ0n) is 28.5. The van der Waals surface area contributed by atoms with E-state index in [-0.39, 0.29) is 24.4 Å². The quantitative estimate of drug-likeness (QED) is 0.398. The molecule has 3 saturated heterocycles. The van der Waals surface area contributed by atoms with Crippen molar-refractivity contribution in [3.8, 4) is 5.75 Å². The highest BCUT2D eigenvalue weighted by Gasteiger charge is 2.36. The van der Waals surface area contributed by atoms with Gasteiger partial charge in [0.25, 0.3) is 5.91 Å². The Hall–Kier alpha value is -2.87. The van der Waals surface area contributed by atoms with Gasteiger partial charge >= 0.3 is 12.1 Å². The third-order valence-electron chi connectivity index (χ3n) is 10.6. The molecule has 1 N–H and O–H groups in total. The number of nitrogens with one attached hydrogen (secondary N) is 1. The number of benzene rings is 2. The van der Waals surface area contributed by atoms with Crippen LogP contribution in [0.5, 0.6) is 5.75 Å². The number of anilines is 1. The van der Waals surface area contributed by atoms with E-state index in [1.165, 1.54) is 0 Å². The van der Waals surface area contributed by atoms with Crippen LogP contribution in [-0.4, -0.2) is 134 Å². The zero-order valence-corrected chi connectivity index (χ0v) is 31.7. The Morgan fingerprint density at radius 2 is 1.55 bits per heavy atom. The first kappa shape index (κ1) is 35.9. The predicted octanol–water partition coefficient (Wildman–Crippen LogP) is 5.45. The normalized spacial score (nSPS) is 21.0. The molecule has 2 aromatic rings. The lowest BCUT2D eigenvalue weighted by atomic mass is 10.0. The van der Waals surface area contributed by atoms with Crippen LogP contribution in [0.25, 0.3) is 0 Å². The number of para-hydroxylation sites is 1. The van der Waals surface area contributed by atoms with Gasteiger partial charge in [-0.2, -0.15) is 0 Å². The van der Waals surface area contributed by atoms with Crippen LogP contribution in [0.3, 0.4) is 0 Å². The van der Waals surface area contributed by atoms with E-state index < -0.39 is 12.2 Å². The number of rotatable bonds is 7. The number of carbonyl (C=O) groups excluding carboxylic acids is 3. The number of ether oxygens (including phenoxy) is 2. The molecule has 3 fully saturated rings. The SMILES string of the molecule is COc1c(Br)cc(C[C@@H](OC(=O)N2CCC(N3CCc4ccccc4NC3=O)CC2)C(=O)N2CCC(N3CCCN(C)CC3)CC2)cc1Br. The van der Waals surface area contributed by atoms with E-state index in [4.69, 9.17) is 9.47 Å². The van der Waals surface area contributed by atoms with Crippen molar-refractivity contribution in [2.45, 2.75) is 63.1 Å². The molecule has 11 nitrogen and oxygen atoms in total. The number of hydrogen-bond donors (Lipinski definition) is 1. The van der Waals surface area contributed by atoms with Crippen LogP contribution < -0.4 is 10.1 Å². The highest BCUT2D eigenvalue weighted by atomic mass is 79.9. The molecule has 4 amide bonds. The maximum atomic E-state index is 14.1. The molecule has 266 valence electrons. The summed E-state index contributed by atoms with van der Waals surface area (Å²) in [6, 6.07) is 12.1. The minimum atomic E-state index is -0.962. The second-order valence-electron chi connectivity index (χ2n) is 13.7. The van der Waals surface area contributed by atoms with Crippen LogP contribution in [0.15, 0.2) is 45.3 Å². The summed E-state index contributed by atoms with van der Waals surface area (Å²) < 4.78 is 13.1. The molecule has 4 aliphatic heterocycles. The first-order chi connectivity index (χ1) is 23.7. The number of amides is 4. The molecule has 2 aromatic carbocycles. The summed E-state index contributed by atoms with van der Waals surface area (Å²) in [5, 5.41) is 3.06. The lowest BCUT2D eigenvalue weighted by Gasteiger charge is -2.40. The number of likely N-dealkylation sites (tertiary alicyclic amines) is 2. The maximum absolute atomic E-state index is 14.1. The molecule has 0 radical (unpaired) electrons. The highest BCUT2D eigenvalue weighted by Crippen LogP contribution is 2.35. The number of fused-ring (bicyclic) bond motifs is 1. The van der Waals surface area contributed by atoms with E-state index >= 15 is 0 Å². The molecule has 4 heterocycles. The number of hydrogen-bond acceptors (Lipinski definition) is 7. The van der Waals surface area contributed by atoms with E-state index in [0.29, 0.717) is 57.4 Å². The fourth-order valence-electron chi connectivity index (χ4n) is 7.70. The van der Waals surface area contributed by atoms with Gasteiger partial charge in [0.05, 0.1) is 16.1 Å². The molecule has 0 saturated carbocycles. The van der Waals surface area contributed by atoms with E-state index in [1.807, 2.05) is 40.1 Å². The minimum Gasteiger partial charge on any atom is -0.494 e. The topological polar surface area (TPSA) is 97.9 Å². The van der Waals surface area contributed by atoms with E-state index in [9.17, 15) is 14.4 Å². The van der Waals surface area contributed by atoms with Gasteiger partial charge in [0.2, 0.25) is 0 Å². The lowest BCUT2D eigenvalue weighted by Crippen LogP contribution is -2.52. The first-order valence-electron chi connectivity index (χ1n) is 17.5. The number of halogens is 2. The molecule has 1 atom stereocenters. The fourth-order valence-corrected chi connectivity index (χ4v) is 9.30. The molecule has 0 bridgehead atoms. The standard InChI is InChI=1S/C36H48Br2N6O5/c1-40-13-5-14-41(21-20-40)27-9-15-42(16-10-27)34(45)32(24-25-22-29(37)33(48-2)30(38)23-25)49-36(47)43-17-11-28(12-18-43)44-19-8-26-6-3-4-7-31(26)39-35(44)46/h3-4,6-7,22-23,27-28,32H,5,8-21,24H2,1-2H3,(H,39,46)/t32-/m1/s1. The number of nitrogens with zero attached hydrogens (tertiary/aromatic N) is 5. The molecular formula is C36H48Br2N6O5. The van der Waals surface area contributed by atoms with Gasteiger partial charge in [0.1, 0.15) is 5.75 Å².